The zero-order valence-electron chi connectivity index (χ0n) is 13.0. The lowest BCUT2D eigenvalue weighted by atomic mass is 9.76. The third kappa shape index (κ3) is 2.20. The largest absolute Gasteiger partial charge is 0.494 e. The second-order valence-corrected chi connectivity index (χ2v) is 6.94. The Kier molecular flexibility index (Phi) is 3.24. The summed E-state index contributed by atoms with van der Waals surface area (Å²) in [4.78, 5) is 0. The van der Waals surface area contributed by atoms with E-state index in [1.165, 1.54) is 11.1 Å². The summed E-state index contributed by atoms with van der Waals surface area (Å²) in [5.41, 5.74) is 3.21. The van der Waals surface area contributed by atoms with Gasteiger partial charge >= 0.3 is 7.12 Å². The van der Waals surface area contributed by atoms with Crippen molar-refractivity contribution in [3.8, 4) is 0 Å². The maximum atomic E-state index is 6.12. The van der Waals surface area contributed by atoms with Crippen molar-refractivity contribution in [2.45, 2.75) is 51.7 Å². The quantitative estimate of drug-likeness (QED) is 0.775. The second-order valence-electron chi connectivity index (χ2n) is 6.94. The molecule has 0 spiro atoms. The van der Waals surface area contributed by atoms with E-state index in [1.807, 2.05) is 0 Å². The Morgan fingerprint density at radius 1 is 1.05 bits per heavy atom. The van der Waals surface area contributed by atoms with Crippen molar-refractivity contribution in [1.29, 1.82) is 0 Å². The Balaban J connectivity index is 1.88. The first kappa shape index (κ1) is 14.1. The van der Waals surface area contributed by atoms with Gasteiger partial charge in [0.2, 0.25) is 0 Å². The molecule has 0 saturated carbocycles. The Labute approximate surface area is 121 Å². The van der Waals surface area contributed by atoms with E-state index in [2.05, 4.69) is 52.8 Å². The van der Waals surface area contributed by atoms with E-state index in [1.54, 1.807) is 0 Å². The van der Waals surface area contributed by atoms with Gasteiger partial charge in [0.15, 0.2) is 0 Å². The number of hydrogen-bond acceptors (Lipinski definition) is 3. The molecule has 108 valence electrons. The van der Waals surface area contributed by atoms with Gasteiger partial charge in [-0.2, -0.15) is 0 Å². The minimum absolute atomic E-state index is 0.277. The lowest BCUT2D eigenvalue weighted by Gasteiger charge is -2.32. The summed E-state index contributed by atoms with van der Waals surface area (Å²) in [5.74, 6) is 0.525. The topological polar surface area (TPSA) is 27.7 Å². The van der Waals surface area contributed by atoms with Crippen molar-refractivity contribution < 1.29 is 14.0 Å². The first-order valence-electron chi connectivity index (χ1n) is 7.34. The molecule has 0 unspecified atom stereocenters. The lowest BCUT2D eigenvalue weighted by Crippen LogP contribution is -2.41. The third-order valence-corrected chi connectivity index (χ3v) is 4.91. The fourth-order valence-corrected chi connectivity index (χ4v) is 2.64. The van der Waals surface area contributed by atoms with E-state index >= 15 is 0 Å². The minimum Gasteiger partial charge on any atom is -0.399 e. The maximum Gasteiger partial charge on any atom is 0.494 e. The molecule has 4 heteroatoms. The highest BCUT2D eigenvalue weighted by atomic mass is 16.7. The maximum absolute atomic E-state index is 6.12. The average Bonchev–Trinajstić information content (AvgIpc) is 2.49. The van der Waals surface area contributed by atoms with Gasteiger partial charge in [-0.05, 0) is 51.2 Å². The summed E-state index contributed by atoms with van der Waals surface area (Å²) in [6.45, 7) is 12.1. The van der Waals surface area contributed by atoms with Gasteiger partial charge < -0.3 is 14.0 Å². The van der Waals surface area contributed by atoms with Gasteiger partial charge in [-0.3, -0.25) is 0 Å². The average molecular weight is 274 g/mol. The first-order chi connectivity index (χ1) is 9.30. The van der Waals surface area contributed by atoms with Crippen LogP contribution in [0.15, 0.2) is 18.2 Å². The molecule has 2 fully saturated rings. The molecule has 20 heavy (non-hydrogen) atoms. The van der Waals surface area contributed by atoms with Gasteiger partial charge in [-0.25, -0.2) is 0 Å². The van der Waals surface area contributed by atoms with Crippen LogP contribution in [0, 0.1) is 6.92 Å². The molecular weight excluding hydrogens is 251 g/mol. The monoisotopic (exact) mass is 274 g/mol. The molecular formula is C16H23BO3. The van der Waals surface area contributed by atoms with Gasteiger partial charge in [-0.1, -0.05) is 18.2 Å². The summed E-state index contributed by atoms with van der Waals surface area (Å²) in [5, 5.41) is 0. The van der Waals surface area contributed by atoms with Gasteiger partial charge in [0.1, 0.15) is 0 Å². The normalized spacial score (nSPS) is 24.8. The molecule has 1 aromatic carbocycles. The molecule has 0 amide bonds. The van der Waals surface area contributed by atoms with Crippen LogP contribution < -0.4 is 5.46 Å². The SMILES string of the molecule is Cc1ccc(B2OC(C)(C)C(C)(C)O2)cc1C1COC1. The highest BCUT2D eigenvalue weighted by Crippen LogP contribution is 2.36. The molecule has 2 heterocycles. The summed E-state index contributed by atoms with van der Waals surface area (Å²) in [6.07, 6.45) is 0. The fourth-order valence-electron chi connectivity index (χ4n) is 2.64. The van der Waals surface area contributed by atoms with E-state index in [0.29, 0.717) is 5.92 Å². The van der Waals surface area contributed by atoms with Crippen LogP contribution in [0.4, 0.5) is 0 Å². The van der Waals surface area contributed by atoms with Crippen molar-refractivity contribution in [1.82, 2.24) is 0 Å². The van der Waals surface area contributed by atoms with E-state index in [-0.39, 0.29) is 18.3 Å². The Bertz CT molecular complexity index is 504. The lowest BCUT2D eigenvalue weighted by molar-refractivity contribution is 0.00578. The predicted molar refractivity (Wildman–Crippen MR) is 80.5 cm³/mol. The van der Waals surface area contributed by atoms with E-state index in [4.69, 9.17) is 14.0 Å². The van der Waals surface area contributed by atoms with Crippen molar-refractivity contribution in [2.24, 2.45) is 0 Å². The molecule has 3 nitrogen and oxygen atoms in total. The Morgan fingerprint density at radius 2 is 1.65 bits per heavy atom. The standard InChI is InChI=1S/C16H23BO3/c1-11-6-7-13(8-14(11)12-9-18-10-12)17-19-15(2,3)16(4,5)20-17/h6-8,12H,9-10H2,1-5H3. The van der Waals surface area contributed by atoms with Gasteiger partial charge in [0.25, 0.3) is 0 Å². The molecule has 1 aromatic rings. The molecule has 3 rings (SSSR count). The molecule has 0 aliphatic carbocycles. The summed E-state index contributed by atoms with van der Waals surface area (Å²) < 4.78 is 17.6. The molecule has 2 aliphatic rings. The minimum atomic E-state index is -0.289. The molecule has 0 aromatic heterocycles. The van der Waals surface area contributed by atoms with Crippen LogP contribution in [0.2, 0.25) is 0 Å². The predicted octanol–water partition coefficient (Wildman–Crippen LogP) is 2.41. The molecule has 0 N–H and O–H groups in total. The van der Waals surface area contributed by atoms with Crippen molar-refractivity contribution in [3.63, 3.8) is 0 Å². The zero-order chi connectivity index (χ0) is 14.5. The van der Waals surface area contributed by atoms with Crippen LogP contribution in [0.25, 0.3) is 0 Å². The molecule has 0 radical (unpaired) electrons. The molecule has 0 bridgehead atoms. The first-order valence-corrected chi connectivity index (χ1v) is 7.34. The number of ether oxygens (including phenoxy) is 1. The van der Waals surface area contributed by atoms with Crippen LogP contribution in [0.5, 0.6) is 0 Å². The van der Waals surface area contributed by atoms with E-state index in [0.717, 1.165) is 18.7 Å². The fraction of sp³-hybridized carbons (Fsp3) is 0.625. The van der Waals surface area contributed by atoms with Gasteiger partial charge in [-0.15, -0.1) is 0 Å². The summed E-state index contributed by atoms with van der Waals surface area (Å²) in [6, 6.07) is 6.50. The number of hydrogen-bond donors (Lipinski definition) is 0. The van der Waals surface area contributed by atoms with Gasteiger partial charge in [0.05, 0.1) is 24.4 Å². The van der Waals surface area contributed by atoms with Crippen molar-refractivity contribution in [3.05, 3.63) is 29.3 Å². The van der Waals surface area contributed by atoms with Gasteiger partial charge in [0, 0.05) is 5.92 Å². The van der Waals surface area contributed by atoms with E-state index < -0.39 is 0 Å². The highest BCUT2D eigenvalue weighted by molar-refractivity contribution is 6.62. The second kappa shape index (κ2) is 4.59. The van der Waals surface area contributed by atoms with Crippen LogP contribution in [0.3, 0.4) is 0 Å². The van der Waals surface area contributed by atoms with Crippen LogP contribution in [-0.4, -0.2) is 31.5 Å². The number of benzene rings is 1. The number of rotatable bonds is 2. The molecule has 2 aliphatic heterocycles. The molecule has 2 saturated heterocycles. The van der Waals surface area contributed by atoms with Crippen molar-refractivity contribution >= 4 is 12.6 Å². The van der Waals surface area contributed by atoms with E-state index in [9.17, 15) is 0 Å². The highest BCUT2D eigenvalue weighted by Gasteiger charge is 2.51. The van der Waals surface area contributed by atoms with Crippen LogP contribution in [0.1, 0.15) is 44.7 Å². The summed E-state index contributed by atoms with van der Waals surface area (Å²) >= 11 is 0. The third-order valence-electron chi connectivity index (χ3n) is 4.91. The van der Waals surface area contributed by atoms with Crippen molar-refractivity contribution in [2.75, 3.05) is 13.2 Å². The smallest absolute Gasteiger partial charge is 0.399 e. The van der Waals surface area contributed by atoms with Crippen LogP contribution in [-0.2, 0) is 14.0 Å². The Hall–Kier alpha value is -0.835. The van der Waals surface area contributed by atoms with Crippen LogP contribution >= 0.6 is 0 Å². The number of aryl methyl sites for hydroxylation is 1. The Morgan fingerprint density at radius 3 is 2.15 bits per heavy atom. The zero-order valence-corrected chi connectivity index (χ0v) is 13.0. The molecule has 0 atom stereocenters. The summed E-state index contributed by atoms with van der Waals surface area (Å²) in [7, 11) is -0.277.